The Kier molecular flexibility index (Phi) is 33.8. The zero-order valence-electron chi connectivity index (χ0n) is 69.6. The van der Waals surface area contributed by atoms with E-state index in [4.69, 9.17) is 62.5 Å². The average Bonchev–Trinajstić information content (AvgIpc) is 1.58. The van der Waals surface area contributed by atoms with Crippen molar-refractivity contribution < 1.29 is 193 Å². The molecule has 2 aliphatic rings. The van der Waals surface area contributed by atoms with Gasteiger partial charge in [0.2, 0.25) is 0 Å². The summed E-state index contributed by atoms with van der Waals surface area (Å²) < 4.78 is 31.0. The van der Waals surface area contributed by atoms with Gasteiger partial charge in [0, 0.05) is 118 Å². The van der Waals surface area contributed by atoms with Crippen molar-refractivity contribution in [2.75, 3.05) is 62.6 Å². The summed E-state index contributed by atoms with van der Waals surface area (Å²) in [5.41, 5.74) is 39.1. The van der Waals surface area contributed by atoms with Gasteiger partial charge in [-0.25, -0.2) is 29.3 Å². The first-order chi connectivity index (χ1) is 57.8. The molecule has 4 aromatic carbocycles. The molecule has 0 radical (unpaired) electrons. The molecule has 0 amide bonds. The monoisotopic (exact) mass is 1950 g/mol. The molecule has 38 heteroatoms. The maximum Gasteiger partial charge on any atom is 1.00 e. The summed E-state index contributed by atoms with van der Waals surface area (Å²) >= 11 is 3.24. The Morgan fingerprint density at radius 2 is 0.917 bits per heavy atom. The zero-order chi connectivity index (χ0) is 83.8. The summed E-state index contributed by atoms with van der Waals surface area (Å²) in [5, 5.41) is 77.9. The van der Waals surface area contributed by atoms with Crippen LogP contribution >= 0.6 is 15.9 Å². The average molecular weight is 1950 g/mol. The van der Waals surface area contributed by atoms with E-state index in [2.05, 4.69) is 115 Å². The van der Waals surface area contributed by atoms with Gasteiger partial charge in [0.05, 0.1) is 122 Å². The van der Waals surface area contributed by atoms with Crippen molar-refractivity contribution in [3.8, 4) is 45.0 Å². The first kappa shape index (κ1) is 92.9. The van der Waals surface area contributed by atoms with Crippen LogP contribution in [0.1, 0.15) is 138 Å². The van der Waals surface area contributed by atoms with Crippen LogP contribution in [0.25, 0.3) is 132 Å². The van der Waals surface area contributed by atoms with E-state index in [0.717, 1.165) is 184 Å². The molecule has 12 aromatic heterocycles. The van der Waals surface area contributed by atoms with Crippen LogP contribution in [0.5, 0.6) is 0 Å². The number of aromatic amines is 3. The van der Waals surface area contributed by atoms with E-state index in [1.165, 1.54) is 0 Å². The number of hydrogen-bond acceptors (Lipinski definition) is 27. The Hall–Kier alpha value is -8.77. The summed E-state index contributed by atoms with van der Waals surface area (Å²) in [4.78, 5) is 52.2. The Bertz CT molecular complexity index is 5980. The molecule has 0 bridgehead atoms. The van der Waals surface area contributed by atoms with Crippen LogP contribution in [0, 0.1) is 0 Å². The van der Waals surface area contributed by atoms with E-state index < -0.39 is 0 Å². The van der Waals surface area contributed by atoms with Gasteiger partial charge in [-0.1, -0.05) is 47.1 Å². The molecule has 0 aliphatic carbocycles. The first-order valence-corrected chi connectivity index (χ1v) is 40.2. The van der Waals surface area contributed by atoms with Gasteiger partial charge in [0.25, 0.3) is 6.47 Å². The number of esters is 2. The van der Waals surface area contributed by atoms with E-state index in [0.29, 0.717) is 55.7 Å². The van der Waals surface area contributed by atoms with E-state index in [-0.39, 0.29) is 213 Å². The molecule has 16 aromatic rings. The summed E-state index contributed by atoms with van der Waals surface area (Å²) in [6, 6.07) is 32.1. The third kappa shape index (κ3) is 22.3. The fraction of sp³-hybridized carbons (Fsp3) is 0.337. The summed E-state index contributed by atoms with van der Waals surface area (Å²) in [6.07, 6.45) is 22.8. The molecule has 0 saturated carbocycles. The molecule has 6 unspecified atom stereocenters. The molecule has 121 heavy (non-hydrogen) atoms. The fourth-order valence-electron chi connectivity index (χ4n) is 14.3. The number of pyridine rings is 4. The third-order valence-corrected chi connectivity index (χ3v) is 20.7. The number of aliphatic hydroxyl groups excluding tert-OH is 2. The van der Waals surface area contributed by atoms with Crippen molar-refractivity contribution in [3.63, 3.8) is 0 Å². The van der Waals surface area contributed by atoms with Crippen molar-refractivity contribution >= 4 is 145 Å². The van der Waals surface area contributed by atoms with Gasteiger partial charge in [-0.05, 0) is 159 Å². The predicted molar refractivity (Wildman–Crippen MR) is 456 cm³/mol. The van der Waals surface area contributed by atoms with E-state index in [1.807, 2.05) is 150 Å². The number of ether oxygens (including phenoxy) is 4. The number of nitrogens with one attached hydrogen (secondary N) is 3. The molecule has 0 spiro atoms. The summed E-state index contributed by atoms with van der Waals surface area (Å²) in [6.45, 7) is 13.9. The standard InChI is InChI=1S/C24H28N6O3.C18H18N6O.2C17H18N6O.C6H11BrO2.CH2O3.2Cs.H/c1-3-32-22(31)12-15(2)29-14-18-23(28-29)17-8-7-16(13-19(17)27-24(18)25)20-9-10-26-30(20)21-6-4-5-11-33-21;19-18-13-10-20-23-17(13)12-5-4-11(9-14(12)22-18)15-6-7-21-24(15)16-3-1-2-8-25-16;2*1-10(5-7-24)23-9-13-16(22-23)12-3-2-11(14-4-6-19-21-14)8-15(12)20-17(13)18;1-3-9-6(8)4-5(2)7;2-1-4-3;;;/h7-10,13-15,21H,3-6,11-12H2,1-2H3,(H2,25,27);4-7,9-10,16H,1-3,8H2,(H2,19,22)(H,20,23);2*2-4,6,8-10,24H,5,7H2,1H3,(H2,18,20)(H,19,21);5H,3-4H2,1-2H3;1,3H;;;/q;;;;;;2*+1;-1/p-1. The minimum Gasteiger partial charge on any atom is -1.00 e. The van der Waals surface area contributed by atoms with Crippen LogP contribution in [-0.4, -0.2) is 173 Å². The molecule has 35 nitrogen and oxygen atoms in total. The number of anilines is 4. The Morgan fingerprint density at radius 3 is 1.30 bits per heavy atom. The number of nitrogens with zero attached hydrogens (tertiary/aromatic N) is 17. The predicted octanol–water partition coefficient (Wildman–Crippen LogP) is 6.78. The van der Waals surface area contributed by atoms with Crippen LogP contribution in [0.4, 0.5) is 23.3 Å². The molecule has 18 rings (SSSR count). The topological polar surface area (TPSA) is 492 Å². The van der Waals surface area contributed by atoms with Gasteiger partial charge < -0.3 is 63.7 Å². The number of rotatable bonds is 20. The molecule has 2 fully saturated rings. The Morgan fingerprint density at radius 1 is 0.529 bits per heavy atom. The number of nitrogen functional groups attached to an aromatic ring is 4. The SMILES string of the molecule is CC(CCO)n1cc2c(N)nc3cc(-c4ccn[nH]4)ccc3c2n1.CC(CCO)n1cc2c(N)nc3cc(-c4ccn[nH]4)ccc3c2n1.CCOC(=O)CC(C)Br.CCOC(=O)CC(C)n1cc2c(N)nc3cc(-c4ccnn4C4CCCCO4)ccc3c2n1.Nc1nc2cc(-c3ccnn3C3CCCCO3)ccc2c2[nH]ncc12.O=CO[O-].[Cs+].[Cs+].[H-]. The molecule has 2 aliphatic heterocycles. The Labute approximate surface area is 821 Å². The van der Waals surface area contributed by atoms with Crippen molar-refractivity contribution in [2.24, 2.45) is 0 Å². The van der Waals surface area contributed by atoms with Gasteiger partial charge >= 0.3 is 150 Å². The van der Waals surface area contributed by atoms with Gasteiger partial charge in [-0.2, -0.15) is 40.8 Å². The maximum atomic E-state index is 11.9. The third-order valence-electron chi connectivity index (χ3n) is 20.3. The number of aromatic nitrogens is 20. The smallest absolute Gasteiger partial charge is 1.00 e. The van der Waals surface area contributed by atoms with E-state index in [1.54, 1.807) is 43.3 Å². The maximum absolute atomic E-state index is 11.9. The normalized spacial score (nSPS) is 14.8. The zero-order valence-corrected chi connectivity index (χ0v) is 82.7. The largest absolute Gasteiger partial charge is 1.00 e. The van der Waals surface area contributed by atoms with Crippen molar-refractivity contribution in [2.45, 2.75) is 141 Å². The number of nitrogens with two attached hydrogens (primary N) is 4. The van der Waals surface area contributed by atoms with Gasteiger partial charge in [0.15, 0.2) is 12.5 Å². The molecule has 14 heterocycles. The number of fused-ring (bicyclic) bond motifs is 12. The number of halogens is 1. The second-order valence-corrected chi connectivity index (χ2v) is 30.2. The molecular formula is C83H95BrCs2N24O11. The minimum atomic E-state index is -0.247. The minimum absolute atomic E-state index is 0. The number of hydrogen-bond donors (Lipinski definition) is 9. The molecule has 622 valence electrons. The van der Waals surface area contributed by atoms with Crippen molar-refractivity contribution in [1.82, 2.24) is 99.4 Å². The number of benzene rings is 4. The van der Waals surface area contributed by atoms with Crippen LogP contribution in [0.15, 0.2) is 147 Å². The molecular weight excluding hydrogens is 1850 g/mol. The summed E-state index contributed by atoms with van der Waals surface area (Å²) in [5.74, 6) is 1.43. The van der Waals surface area contributed by atoms with E-state index >= 15 is 0 Å². The summed E-state index contributed by atoms with van der Waals surface area (Å²) in [7, 11) is 0. The quantitative estimate of drug-likeness (QED) is 0.0125. The number of alkyl halides is 1. The molecule has 13 N–H and O–H groups in total. The second kappa shape index (κ2) is 44.0. The van der Waals surface area contributed by atoms with Gasteiger partial charge in [-0.3, -0.25) is 43.7 Å². The fourth-order valence-corrected chi connectivity index (χ4v) is 14.5. The molecule has 2 saturated heterocycles. The number of carbonyl (C=O) groups excluding carboxylic acids is 3. The van der Waals surface area contributed by atoms with Crippen LogP contribution in [0.2, 0.25) is 0 Å². The van der Waals surface area contributed by atoms with Crippen LogP contribution < -0.4 is 166 Å². The van der Waals surface area contributed by atoms with Crippen LogP contribution in [-0.2, 0) is 38.2 Å². The second-order valence-electron chi connectivity index (χ2n) is 28.7. The number of carbonyl (C=O) groups is 3. The first-order valence-electron chi connectivity index (χ1n) is 39.2. The molecule has 6 atom stereocenters. The van der Waals surface area contributed by atoms with Gasteiger partial charge in [-0.15, -0.1) is 0 Å². The van der Waals surface area contributed by atoms with Gasteiger partial charge in [0.1, 0.15) is 39.8 Å². The van der Waals surface area contributed by atoms with E-state index in [9.17, 15) is 9.59 Å². The number of H-pyrrole nitrogens is 3. The number of aliphatic hydroxyl groups is 2. The van der Waals surface area contributed by atoms with Crippen molar-refractivity contribution in [3.05, 3.63) is 147 Å². The van der Waals surface area contributed by atoms with Crippen molar-refractivity contribution in [1.29, 1.82) is 0 Å². The Balaban J connectivity index is 0.000000162. The van der Waals surface area contributed by atoms with Crippen LogP contribution in [0.3, 0.4) is 0 Å².